The molecule has 2 rings (SSSR count). The topological polar surface area (TPSA) is 63.2 Å². The predicted molar refractivity (Wildman–Crippen MR) is 85.4 cm³/mol. The zero-order chi connectivity index (χ0) is 17.7. The summed E-state index contributed by atoms with van der Waals surface area (Å²) < 4.78 is 61.4. The molecule has 0 radical (unpaired) electrons. The fourth-order valence-electron chi connectivity index (χ4n) is 1.78. The number of rotatable bonds is 6. The van der Waals surface area contributed by atoms with Gasteiger partial charge in [0, 0.05) is 4.90 Å². The lowest BCUT2D eigenvalue weighted by molar-refractivity contribution is -0.113. The van der Waals surface area contributed by atoms with Crippen molar-refractivity contribution in [1.29, 1.82) is 0 Å². The largest absolute Gasteiger partial charge is 0.341 e. The number of para-hydroxylation sites is 1. The maximum atomic E-state index is 12.8. The van der Waals surface area contributed by atoms with Crippen molar-refractivity contribution in [3.05, 3.63) is 54.3 Å². The van der Waals surface area contributed by atoms with E-state index in [1.165, 1.54) is 42.5 Å². The lowest BCUT2D eigenvalue weighted by Crippen LogP contribution is -2.19. The molecule has 0 aromatic heterocycles. The molecule has 9 heteroatoms. The van der Waals surface area contributed by atoms with Gasteiger partial charge in [-0.3, -0.25) is 4.79 Å². The Labute approximate surface area is 141 Å². The molecule has 0 aliphatic rings. The molecule has 2 aromatic rings. The third kappa shape index (κ3) is 4.51. The van der Waals surface area contributed by atoms with Crippen LogP contribution in [0.15, 0.2) is 58.3 Å². The summed E-state index contributed by atoms with van der Waals surface area (Å²) in [7, 11) is -4.82. The van der Waals surface area contributed by atoms with E-state index in [0.29, 0.717) is 4.90 Å². The van der Waals surface area contributed by atoms with Crippen molar-refractivity contribution in [2.75, 3.05) is 11.1 Å². The van der Waals surface area contributed by atoms with Gasteiger partial charge < -0.3 is 5.32 Å². The van der Waals surface area contributed by atoms with E-state index in [-0.39, 0.29) is 11.4 Å². The highest BCUT2D eigenvalue weighted by Gasteiger charge is 2.29. The van der Waals surface area contributed by atoms with Crippen molar-refractivity contribution in [3.63, 3.8) is 0 Å². The van der Waals surface area contributed by atoms with Gasteiger partial charge in [-0.1, -0.05) is 12.1 Å². The van der Waals surface area contributed by atoms with E-state index in [4.69, 9.17) is 0 Å². The molecule has 1 N–H and O–H groups in total. The fourth-order valence-corrected chi connectivity index (χ4v) is 3.36. The number of sulfone groups is 1. The van der Waals surface area contributed by atoms with Crippen molar-refractivity contribution in [2.45, 2.75) is 15.5 Å². The van der Waals surface area contributed by atoms with E-state index >= 15 is 0 Å². The van der Waals surface area contributed by atoms with Gasteiger partial charge in [0.25, 0.3) is 0 Å². The number of thioether (sulfide) groups is 1. The van der Waals surface area contributed by atoms with Gasteiger partial charge in [-0.2, -0.15) is 8.78 Å². The summed E-state index contributed by atoms with van der Waals surface area (Å²) in [6.45, 7) is 0. The van der Waals surface area contributed by atoms with Crippen molar-refractivity contribution >= 4 is 33.2 Å². The number of carbonyl (C=O) groups excluding carboxylic acids is 1. The normalized spacial score (nSPS) is 11.5. The molecule has 0 spiro atoms. The summed E-state index contributed by atoms with van der Waals surface area (Å²) >= 11 is 1.10. The van der Waals surface area contributed by atoms with Crippen LogP contribution in [0.1, 0.15) is 0 Å². The second kappa shape index (κ2) is 7.71. The van der Waals surface area contributed by atoms with Gasteiger partial charge in [0.05, 0.1) is 16.3 Å². The molecule has 0 aliphatic heterocycles. The van der Waals surface area contributed by atoms with Crippen LogP contribution in [0, 0.1) is 5.82 Å². The van der Waals surface area contributed by atoms with Crippen molar-refractivity contribution in [1.82, 2.24) is 0 Å². The van der Waals surface area contributed by atoms with Crippen LogP contribution in [0.25, 0.3) is 0 Å². The summed E-state index contributed by atoms with van der Waals surface area (Å²) in [6.07, 6.45) is 0. The highest BCUT2D eigenvalue weighted by Crippen LogP contribution is 2.26. The first-order valence-corrected chi connectivity index (χ1v) is 9.13. The zero-order valence-electron chi connectivity index (χ0n) is 12.1. The van der Waals surface area contributed by atoms with Crippen molar-refractivity contribution < 1.29 is 26.4 Å². The van der Waals surface area contributed by atoms with Crippen LogP contribution in [-0.2, 0) is 14.6 Å². The first-order valence-electron chi connectivity index (χ1n) is 6.60. The number of carbonyl (C=O) groups is 1. The standard InChI is InChI=1S/C15H12F3NO3S2/c16-10-5-7-11(8-6-10)23-9-14(20)19-12-3-1-2-4-13(12)24(21,22)15(17)18/h1-8,15H,9H2,(H,19,20). The maximum Gasteiger partial charge on any atom is 0.341 e. The molecule has 0 bridgehead atoms. The molecule has 0 heterocycles. The number of alkyl halides is 2. The zero-order valence-corrected chi connectivity index (χ0v) is 13.7. The minimum atomic E-state index is -4.82. The van der Waals surface area contributed by atoms with Crippen LogP contribution in [0.5, 0.6) is 0 Å². The molecule has 0 fully saturated rings. The third-order valence-corrected chi connectivity index (χ3v) is 5.34. The molecular formula is C15H12F3NO3S2. The minimum absolute atomic E-state index is 0.0886. The molecule has 4 nitrogen and oxygen atoms in total. The van der Waals surface area contributed by atoms with Crippen LogP contribution < -0.4 is 5.32 Å². The smallest absolute Gasteiger partial charge is 0.324 e. The van der Waals surface area contributed by atoms with Crippen molar-refractivity contribution in [3.8, 4) is 0 Å². The van der Waals surface area contributed by atoms with Gasteiger partial charge in [-0.05, 0) is 36.4 Å². The van der Waals surface area contributed by atoms with Gasteiger partial charge in [-0.25, -0.2) is 12.8 Å². The number of hydrogen-bond donors (Lipinski definition) is 1. The number of benzene rings is 2. The van der Waals surface area contributed by atoms with E-state index in [9.17, 15) is 26.4 Å². The quantitative estimate of drug-likeness (QED) is 0.785. The molecule has 0 saturated heterocycles. The number of nitrogens with one attached hydrogen (secondary N) is 1. The lowest BCUT2D eigenvalue weighted by Gasteiger charge is -2.11. The van der Waals surface area contributed by atoms with Crippen LogP contribution in [-0.4, -0.2) is 25.8 Å². The highest BCUT2D eigenvalue weighted by atomic mass is 32.2. The van der Waals surface area contributed by atoms with E-state index in [1.54, 1.807) is 0 Å². The third-order valence-electron chi connectivity index (χ3n) is 2.89. The highest BCUT2D eigenvalue weighted by molar-refractivity contribution is 8.00. The number of amides is 1. The second-order valence-electron chi connectivity index (χ2n) is 4.59. The van der Waals surface area contributed by atoms with Gasteiger partial charge >= 0.3 is 5.76 Å². The molecule has 0 aliphatic carbocycles. The Bertz CT molecular complexity index is 824. The van der Waals surface area contributed by atoms with E-state index < -0.39 is 32.2 Å². The first kappa shape index (κ1) is 18.3. The summed E-state index contributed by atoms with van der Waals surface area (Å²) in [5, 5.41) is 2.31. The Hall–Kier alpha value is -2.00. The molecule has 0 atom stereocenters. The average molecular weight is 375 g/mol. The molecule has 0 unspecified atom stereocenters. The average Bonchev–Trinajstić information content (AvgIpc) is 2.54. The molecule has 2 aromatic carbocycles. The molecule has 0 saturated carbocycles. The fraction of sp³-hybridized carbons (Fsp3) is 0.133. The molecule has 1 amide bonds. The van der Waals surface area contributed by atoms with Gasteiger partial charge in [0.1, 0.15) is 5.82 Å². The summed E-state index contributed by atoms with van der Waals surface area (Å²) in [5.41, 5.74) is -0.206. The van der Waals surface area contributed by atoms with Gasteiger partial charge in [0.15, 0.2) is 0 Å². The van der Waals surface area contributed by atoms with E-state index in [0.717, 1.165) is 17.8 Å². The van der Waals surface area contributed by atoms with Crippen molar-refractivity contribution in [2.24, 2.45) is 0 Å². The second-order valence-corrected chi connectivity index (χ2v) is 7.53. The number of hydrogen-bond acceptors (Lipinski definition) is 4. The van der Waals surface area contributed by atoms with Crippen LogP contribution in [0.2, 0.25) is 0 Å². The number of halogens is 3. The molecule has 128 valence electrons. The Morgan fingerprint density at radius 1 is 1.08 bits per heavy atom. The van der Waals surface area contributed by atoms with E-state index in [1.807, 2.05) is 0 Å². The Kier molecular flexibility index (Phi) is 5.89. The predicted octanol–water partition coefficient (Wildman–Crippen LogP) is 3.55. The molecule has 24 heavy (non-hydrogen) atoms. The van der Waals surface area contributed by atoms with Crippen LogP contribution in [0.3, 0.4) is 0 Å². The summed E-state index contributed by atoms with van der Waals surface area (Å²) in [5.74, 6) is -4.64. The van der Waals surface area contributed by atoms with Gasteiger partial charge in [0.2, 0.25) is 15.7 Å². The lowest BCUT2D eigenvalue weighted by atomic mass is 10.3. The van der Waals surface area contributed by atoms with Crippen LogP contribution >= 0.6 is 11.8 Å². The summed E-state index contributed by atoms with van der Waals surface area (Å²) in [4.78, 5) is 11.9. The van der Waals surface area contributed by atoms with E-state index in [2.05, 4.69) is 5.32 Å². The molecular weight excluding hydrogens is 363 g/mol. The SMILES string of the molecule is O=C(CSc1ccc(F)cc1)Nc1ccccc1S(=O)(=O)C(F)F. The number of anilines is 1. The maximum absolute atomic E-state index is 12.8. The Morgan fingerprint density at radius 3 is 2.33 bits per heavy atom. The summed E-state index contributed by atoms with van der Waals surface area (Å²) in [6, 6.07) is 10.4. The van der Waals surface area contributed by atoms with Gasteiger partial charge in [-0.15, -0.1) is 11.8 Å². The first-order chi connectivity index (χ1) is 11.3. The van der Waals surface area contributed by atoms with Crippen LogP contribution in [0.4, 0.5) is 18.9 Å². The Balaban J connectivity index is 2.08. The Morgan fingerprint density at radius 2 is 1.71 bits per heavy atom. The minimum Gasteiger partial charge on any atom is -0.324 e. The monoisotopic (exact) mass is 375 g/mol.